The van der Waals surface area contributed by atoms with Crippen molar-refractivity contribution in [3.8, 4) is 11.1 Å². The van der Waals surface area contributed by atoms with Gasteiger partial charge in [-0.1, -0.05) is 41.4 Å². The molecule has 5 heteroatoms. The Morgan fingerprint density at radius 3 is 2.44 bits per heavy atom. The van der Waals surface area contributed by atoms with Crippen LogP contribution in [0.1, 0.15) is 10.4 Å². The van der Waals surface area contributed by atoms with Crippen LogP contribution in [-0.4, -0.2) is 11.1 Å². The molecule has 0 amide bonds. The van der Waals surface area contributed by atoms with Gasteiger partial charge in [-0.15, -0.1) is 0 Å². The Labute approximate surface area is 114 Å². The number of halogens is 2. The molecule has 0 aliphatic carbocycles. The van der Waals surface area contributed by atoms with E-state index < -0.39 is 5.97 Å². The highest BCUT2D eigenvalue weighted by molar-refractivity contribution is 6.42. The minimum absolute atomic E-state index is 0.0656. The molecule has 0 saturated carbocycles. The standard InChI is InChI=1S/C13H9Cl2NO2/c14-9-5-4-7(6-10(9)15)8-2-1-3-11(16)12(8)13(17)18/h1-6H,16H2,(H,17,18). The monoisotopic (exact) mass is 281 g/mol. The summed E-state index contributed by atoms with van der Waals surface area (Å²) in [6, 6.07) is 9.86. The summed E-state index contributed by atoms with van der Waals surface area (Å²) in [5, 5.41) is 9.98. The lowest BCUT2D eigenvalue weighted by atomic mass is 9.98. The van der Waals surface area contributed by atoms with Crippen LogP contribution in [0.4, 0.5) is 5.69 Å². The summed E-state index contributed by atoms with van der Waals surface area (Å²) in [4.78, 5) is 11.2. The van der Waals surface area contributed by atoms with Crippen molar-refractivity contribution >= 4 is 34.9 Å². The summed E-state index contributed by atoms with van der Waals surface area (Å²) in [7, 11) is 0. The van der Waals surface area contributed by atoms with Crippen LogP contribution in [0.15, 0.2) is 36.4 Å². The molecule has 0 saturated heterocycles. The van der Waals surface area contributed by atoms with E-state index in [0.29, 0.717) is 21.2 Å². The van der Waals surface area contributed by atoms with Crippen molar-refractivity contribution in [3.63, 3.8) is 0 Å². The molecule has 0 heterocycles. The Morgan fingerprint density at radius 2 is 1.83 bits per heavy atom. The van der Waals surface area contributed by atoms with Crippen LogP contribution in [0.3, 0.4) is 0 Å². The van der Waals surface area contributed by atoms with E-state index in [0.717, 1.165) is 0 Å². The molecule has 0 radical (unpaired) electrons. The van der Waals surface area contributed by atoms with Gasteiger partial charge in [0.1, 0.15) is 0 Å². The highest BCUT2D eigenvalue weighted by atomic mass is 35.5. The molecule has 3 N–H and O–H groups in total. The first-order chi connectivity index (χ1) is 8.50. The molecule has 2 aromatic rings. The molecule has 18 heavy (non-hydrogen) atoms. The minimum atomic E-state index is -1.07. The predicted molar refractivity (Wildman–Crippen MR) is 73.3 cm³/mol. The molecule has 2 aromatic carbocycles. The van der Waals surface area contributed by atoms with Gasteiger partial charge in [-0.25, -0.2) is 4.79 Å². The summed E-state index contributed by atoms with van der Waals surface area (Å²) in [5.41, 5.74) is 7.14. The number of carboxylic acids is 1. The Morgan fingerprint density at radius 1 is 1.11 bits per heavy atom. The first-order valence-electron chi connectivity index (χ1n) is 5.08. The minimum Gasteiger partial charge on any atom is -0.478 e. The van der Waals surface area contributed by atoms with E-state index in [2.05, 4.69) is 0 Å². The molecule has 2 rings (SSSR count). The van der Waals surface area contributed by atoms with Gasteiger partial charge in [-0.05, 0) is 29.3 Å². The number of anilines is 1. The van der Waals surface area contributed by atoms with Gasteiger partial charge in [0.2, 0.25) is 0 Å². The van der Waals surface area contributed by atoms with Gasteiger partial charge < -0.3 is 10.8 Å². The molecule has 0 spiro atoms. The fourth-order valence-corrected chi connectivity index (χ4v) is 2.01. The zero-order chi connectivity index (χ0) is 13.3. The van der Waals surface area contributed by atoms with E-state index >= 15 is 0 Å². The normalized spacial score (nSPS) is 10.3. The average molecular weight is 282 g/mol. The number of hydrogen-bond acceptors (Lipinski definition) is 2. The van der Waals surface area contributed by atoms with Crippen LogP contribution in [0, 0.1) is 0 Å². The van der Waals surface area contributed by atoms with Crippen LogP contribution >= 0.6 is 23.2 Å². The third-order valence-corrected chi connectivity index (χ3v) is 3.28. The molecule has 0 unspecified atom stereocenters. The zero-order valence-electron chi connectivity index (χ0n) is 9.15. The second-order valence-corrected chi connectivity index (χ2v) is 4.52. The molecule has 0 aliphatic rings. The number of carboxylic acid groups (broad SMARTS) is 1. The molecular formula is C13H9Cl2NO2. The number of carbonyl (C=O) groups is 1. The van der Waals surface area contributed by atoms with Gasteiger partial charge in [0.05, 0.1) is 15.6 Å². The summed E-state index contributed by atoms with van der Waals surface area (Å²) < 4.78 is 0. The van der Waals surface area contributed by atoms with Crippen molar-refractivity contribution < 1.29 is 9.90 Å². The number of aromatic carboxylic acids is 1. The fraction of sp³-hybridized carbons (Fsp3) is 0. The van der Waals surface area contributed by atoms with E-state index in [1.807, 2.05) is 0 Å². The van der Waals surface area contributed by atoms with E-state index in [1.165, 1.54) is 0 Å². The van der Waals surface area contributed by atoms with Gasteiger partial charge in [0, 0.05) is 5.69 Å². The van der Waals surface area contributed by atoms with Crippen molar-refractivity contribution in [1.82, 2.24) is 0 Å². The third-order valence-electron chi connectivity index (χ3n) is 2.54. The van der Waals surface area contributed by atoms with Crippen molar-refractivity contribution in [1.29, 1.82) is 0 Å². The van der Waals surface area contributed by atoms with Crippen LogP contribution in [-0.2, 0) is 0 Å². The first kappa shape index (κ1) is 12.7. The van der Waals surface area contributed by atoms with E-state index in [1.54, 1.807) is 36.4 Å². The second kappa shape index (κ2) is 4.88. The Bertz CT molecular complexity index is 626. The average Bonchev–Trinajstić information content (AvgIpc) is 2.32. The fourth-order valence-electron chi connectivity index (χ4n) is 1.71. The molecule has 0 fully saturated rings. The predicted octanol–water partition coefficient (Wildman–Crippen LogP) is 3.94. The Balaban J connectivity index is 2.67. The van der Waals surface area contributed by atoms with Crippen molar-refractivity contribution in [3.05, 3.63) is 52.0 Å². The molecule has 0 bridgehead atoms. The number of nitrogen functional groups attached to an aromatic ring is 1. The summed E-state index contributed by atoms with van der Waals surface area (Å²) in [5.74, 6) is -1.07. The van der Waals surface area contributed by atoms with Gasteiger partial charge in [0.25, 0.3) is 0 Å². The zero-order valence-corrected chi connectivity index (χ0v) is 10.7. The van der Waals surface area contributed by atoms with Crippen LogP contribution in [0.2, 0.25) is 10.0 Å². The SMILES string of the molecule is Nc1cccc(-c2ccc(Cl)c(Cl)c2)c1C(=O)O. The topological polar surface area (TPSA) is 63.3 Å². The number of rotatable bonds is 2. The van der Waals surface area contributed by atoms with Crippen LogP contribution in [0.25, 0.3) is 11.1 Å². The van der Waals surface area contributed by atoms with Gasteiger partial charge in [-0.3, -0.25) is 0 Å². The van der Waals surface area contributed by atoms with Crippen molar-refractivity contribution in [2.24, 2.45) is 0 Å². The van der Waals surface area contributed by atoms with Crippen molar-refractivity contribution in [2.45, 2.75) is 0 Å². The maximum atomic E-state index is 11.2. The van der Waals surface area contributed by atoms with Gasteiger partial charge >= 0.3 is 5.97 Å². The van der Waals surface area contributed by atoms with Gasteiger partial charge in [-0.2, -0.15) is 0 Å². The lowest BCUT2D eigenvalue weighted by Crippen LogP contribution is -2.04. The number of nitrogens with two attached hydrogens (primary N) is 1. The second-order valence-electron chi connectivity index (χ2n) is 3.70. The lowest BCUT2D eigenvalue weighted by molar-refractivity contribution is 0.0699. The highest BCUT2D eigenvalue weighted by Gasteiger charge is 2.15. The molecule has 3 nitrogen and oxygen atoms in total. The van der Waals surface area contributed by atoms with E-state index in [9.17, 15) is 9.90 Å². The first-order valence-corrected chi connectivity index (χ1v) is 5.83. The van der Waals surface area contributed by atoms with Crippen LogP contribution in [0.5, 0.6) is 0 Å². The van der Waals surface area contributed by atoms with E-state index in [-0.39, 0.29) is 11.3 Å². The number of benzene rings is 2. The maximum absolute atomic E-state index is 11.2. The quantitative estimate of drug-likeness (QED) is 0.820. The number of hydrogen-bond donors (Lipinski definition) is 2. The molecule has 0 aliphatic heterocycles. The summed E-state index contributed by atoms with van der Waals surface area (Å²) >= 11 is 11.8. The molecule has 0 aromatic heterocycles. The van der Waals surface area contributed by atoms with E-state index in [4.69, 9.17) is 28.9 Å². The summed E-state index contributed by atoms with van der Waals surface area (Å²) in [6.07, 6.45) is 0. The van der Waals surface area contributed by atoms with Crippen molar-refractivity contribution in [2.75, 3.05) is 5.73 Å². The van der Waals surface area contributed by atoms with Crippen LogP contribution < -0.4 is 5.73 Å². The molecule has 0 atom stereocenters. The molecular weight excluding hydrogens is 273 g/mol. The Hall–Kier alpha value is -1.71. The smallest absolute Gasteiger partial charge is 0.338 e. The lowest BCUT2D eigenvalue weighted by Gasteiger charge is -2.09. The largest absolute Gasteiger partial charge is 0.478 e. The third kappa shape index (κ3) is 2.28. The molecule has 92 valence electrons. The summed E-state index contributed by atoms with van der Waals surface area (Å²) in [6.45, 7) is 0. The highest BCUT2D eigenvalue weighted by Crippen LogP contribution is 2.32. The maximum Gasteiger partial charge on any atom is 0.338 e. The Kier molecular flexibility index (Phi) is 3.45. The van der Waals surface area contributed by atoms with Gasteiger partial charge in [0.15, 0.2) is 0 Å².